The average Bonchev–Trinajstić information content (AvgIpc) is 2.68. The summed E-state index contributed by atoms with van der Waals surface area (Å²) in [5, 5.41) is 11.2. The number of hydrogen-bond donors (Lipinski definition) is 4. The lowest BCUT2D eigenvalue weighted by Gasteiger charge is -2.14. The van der Waals surface area contributed by atoms with Crippen molar-refractivity contribution in [1.29, 1.82) is 0 Å². The molecule has 0 radical (unpaired) electrons. The van der Waals surface area contributed by atoms with Crippen LogP contribution in [0.5, 0.6) is 0 Å². The number of imidazole rings is 1. The Bertz CT molecular complexity index is 361. The quantitative estimate of drug-likeness (QED) is 0.506. The third kappa shape index (κ3) is 3.35. The number of amides is 1. The molecule has 0 saturated heterocycles. The molecule has 1 rings (SSSR count). The number of H-pyrrole nitrogens is 1. The number of nitrogens with zero attached hydrogens (tertiary/aromatic N) is 1. The molecule has 0 unspecified atom stereocenters. The lowest BCUT2D eigenvalue weighted by Crippen LogP contribution is -2.48. The van der Waals surface area contributed by atoms with E-state index in [0.717, 1.165) is 0 Å². The van der Waals surface area contributed by atoms with Gasteiger partial charge in [-0.2, -0.15) is 0 Å². The number of hydrogen-bond acceptors (Lipinski definition) is 4. The minimum Gasteiger partial charge on any atom is -0.480 e. The van der Waals surface area contributed by atoms with Crippen LogP contribution in [0.2, 0.25) is 0 Å². The van der Waals surface area contributed by atoms with Crippen molar-refractivity contribution in [3.8, 4) is 0 Å². The largest absolute Gasteiger partial charge is 0.480 e. The van der Waals surface area contributed by atoms with Gasteiger partial charge in [-0.25, -0.2) is 9.78 Å². The van der Waals surface area contributed by atoms with Crippen molar-refractivity contribution in [3.05, 3.63) is 18.2 Å². The zero-order valence-corrected chi connectivity index (χ0v) is 8.80. The first-order valence-electron chi connectivity index (χ1n) is 4.77. The van der Waals surface area contributed by atoms with E-state index in [-0.39, 0.29) is 6.42 Å². The number of carbonyl (C=O) groups excluding carboxylic acids is 1. The average molecular weight is 226 g/mol. The molecule has 1 aromatic rings. The standard InChI is InChI=1S/C9H14N4O3/c1-5(10)8(14)13-7(9(15)16)2-6-3-11-4-12-6/h3-5,7H,2,10H2,1H3,(H,11,12)(H,13,14)(H,15,16)/t5-,7+/m1/s1. The van der Waals surface area contributed by atoms with Gasteiger partial charge in [0.25, 0.3) is 0 Å². The number of rotatable bonds is 5. The van der Waals surface area contributed by atoms with E-state index >= 15 is 0 Å². The first kappa shape index (κ1) is 12.2. The molecule has 2 atom stereocenters. The number of nitrogens with one attached hydrogen (secondary N) is 2. The minimum absolute atomic E-state index is 0.122. The number of aromatic nitrogens is 2. The van der Waals surface area contributed by atoms with Gasteiger partial charge in [0.15, 0.2) is 0 Å². The predicted octanol–water partition coefficient (Wildman–Crippen LogP) is -1.13. The van der Waals surface area contributed by atoms with Gasteiger partial charge in [0.05, 0.1) is 18.1 Å². The van der Waals surface area contributed by atoms with E-state index in [1.54, 1.807) is 6.20 Å². The van der Waals surface area contributed by atoms with Gasteiger partial charge in [-0.15, -0.1) is 0 Å². The van der Waals surface area contributed by atoms with Crippen LogP contribution < -0.4 is 11.1 Å². The normalized spacial score (nSPS) is 14.1. The number of carbonyl (C=O) groups is 2. The van der Waals surface area contributed by atoms with Crippen LogP contribution in [0.3, 0.4) is 0 Å². The van der Waals surface area contributed by atoms with Crippen molar-refractivity contribution >= 4 is 11.9 Å². The van der Waals surface area contributed by atoms with Gasteiger partial charge in [-0.1, -0.05) is 0 Å². The summed E-state index contributed by atoms with van der Waals surface area (Å²) in [4.78, 5) is 28.7. The second-order valence-corrected chi connectivity index (χ2v) is 3.45. The summed E-state index contributed by atoms with van der Waals surface area (Å²) in [5.41, 5.74) is 5.90. The Labute approximate surface area is 92.1 Å². The summed E-state index contributed by atoms with van der Waals surface area (Å²) in [7, 11) is 0. The first-order chi connectivity index (χ1) is 7.50. The maximum Gasteiger partial charge on any atom is 0.326 e. The second kappa shape index (κ2) is 5.26. The van der Waals surface area contributed by atoms with Crippen LogP contribution in [0.1, 0.15) is 12.6 Å². The summed E-state index contributed by atoms with van der Waals surface area (Å²) in [6, 6.07) is -1.75. The highest BCUT2D eigenvalue weighted by molar-refractivity contribution is 5.86. The fourth-order valence-corrected chi connectivity index (χ4v) is 1.11. The topological polar surface area (TPSA) is 121 Å². The van der Waals surface area contributed by atoms with Crippen LogP contribution in [0, 0.1) is 0 Å². The van der Waals surface area contributed by atoms with E-state index in [9.17, 15) is 9.59 Å². The molecule has 7 heteroatoms. The van der Waals surface area contributed by atoms with E-state index < -0.39 is 24.0 Å². The van der Waals surface area contributed by atoms with Crippen LogP contribution in [0.15, 0.2) is 12.5 Å². The molecular weight excluding hydrogens is 212 g/mol. The number of carboxylic acid groups (broad SMARTS) is 1. The van der Waals surface area contributed by atoms with Gasteiger partial charge in [0, 0.05) is 12.6 Å². The van der Waals surface area contributed by atoms with Crippen LogP contribution in [0.25, 0.3) is 0 Å². The Kier molecular flexibility index (Phi) is 4.01. The Morgan fingerprint density at radius 1 is 1.69 bits per heavy atom. The van der Waals surface area contributed by atoms with Gasteiger partial charge in [0.1, 0.15) is 6.04 Å². The first-order valence-corrected chi connectivity index (χ1v) is 4.77. The van der Waals surface area contributed by atoms with Crippen molar-refractivity contribution in [1.82, 2.24) is 15.3 Å². The third-order valence-electron chi connectivity index (χ3n) is 2.00. The fourth-order valence-electron chi connectivity index (χ4n) is 1.11. The Balaban J connectivity index is 2.62. The molecule has 0 saturated carbocycles. The molecule has 7 nitrogen and oxygen atoms in total. The van der Waals surface area contributed by atoms with E-state index in [1.165, 1.54) is 13.3 Å². The molecule has 0 aromatic carbocycles. The summed E-state index contributed by atoms with van der Waals surface area (Å²) in [6.45, 7) is 1.49. The minimum atomic E-state index is -1.11. The molecular formula is C9H14N4O3. The van der Waals surface area contributed by atoms with Crippen molar-refractivity contribution in [2.75, 3.05) is 0 Å². The zero-order valence-electron chi connectivity index (χ0n) is 8.80. The second-order valence-electron chi connectivity index (χ2n) is 3.45. The highest BCUT2D eigenvalue weighted by Crippen LogP contribution is 1.99. The molecule has 5 N–H and O–H groups in total. The molecule has 0 bridgehead atoms. The molecule has 0 aliphatic heterocycles. The lowest BCUT2D eigenvalue weighted by molar-refractivity contribution is -0.141. The van der Waals surface area contributed by atoms with Crippen molar-refractivity contribution in [2.24, 2.45) is 5.73 Å². The van der Waals surface area contributed by atoms with Gasteiger partial charge in [-0.05, 0) is 6.92 Å². The van der Waals surface area contributed by atoms with Crippen LogP contribution in [0.4, 0.5) is 0 Å². The van der Waals surface area contributed by atoms with E-state index in [4.69, 9.17) is 10.8 Å². The van der Waals surface area contributed by atoms with Crippen molar-refractivity contribution < 1.29 is 14.7 Å². The number of aliphatic carboxylic acids is 1. The van der Waals surface area contributed by atoms with Crippen LogP contribution in [-0.2, 0) is 16.0 Å². The van der Waals surface area contributed by atoms with Gasteiger partial charge >= 0.3 is 5.97 Å². The molecule has 0 fully saturated rings. The number of nitrogens with two attached hydrogens (primary N) is 1. The third-order valence-corrected chi connectivity index (χ3v) is 2.00. The predicted molar refractivity (Wildman–Crippen MR) is 55.5 cm³/mol. The fraction of sp³-hybridized carbons (Fsp3) is 0.444. The van der Waals surface area contributed by atoms with Gasteiger partial charge in [-0.3, -0.25) is 4.79 Å². The monoisotopic (exact) mass is 226 g/mol. The maximum absolute atomic E-state index is 11.3. The van der Waals surface area contributed by atoms with Crippen LogP contribution in [-0.4, -0.2) is 39.0 Å². The Hall–Kier alpha value is -1.89. The maximum atomic E-state index is 11.3. The highest BCUT2D eigenvalue weighted by Gasteiger charge is 2.22. The Morgan fingerprint density at radius 3 is 2.81 bits per heavy atom. The molecule has 0 spiro atoms. The summed E-state index contributed by atoms with van der Waals surface area (Å²) in [5.74, 6) is -1.61. The van der Waals surface area contributed by atoms with Crippen molar-refractivity contribution in [2.45, 2.75) is 25.4 Å². The van der Waals surface area contributed by atoms with E-state index in [0.29, 0.717) is 5.69 Å². The van der Waals surface area contributed by atoms with Crippen molar-refractivity contribution in [3.63, 3.8) is 0 Å². The smallest absolute Gasteiger partial charge is 0.326 e. The summed E-state index contributed by atoms with van der Waals surface area (Å²) >= 11 is 0. The molecule has 1 amide bonds. The summed E-state index contributed by atoms with van der Waals surface area (Å²) < 4.78 is 0. The zero-order chi connectivity index (χ0) is 12.1. The number of carboxylic acids is 1. The highest BCUT2D eigenvalue weighted by atomic mass is 16.4. The van der Waals surface area contributed by atoms with E-state index in [2.05, 4.69) is 15.3 Å². The lowest BCUT2D eigenvalue weighted by atomic mass is 10.1. The number of aromatic amines is 1. The van der Waals surface area contributed by atoms with Crippen LogP contribution >= 0.6 is 0 Å². The molecule has 88 valence electrons. The molecule has 1 heterocycles. The Morgan fingerprint density at radius 2 is 2.38 bits per heavy atom. The van der Waals surface area contributed by atoms with Gasteiger partial charge in [0.2, 0.25) is 5.91 Å². The molecule has 16 heavy (non-hydrogen) atoms. The van der Waals surface area contributed by atoms with E-state index in [1.807, 2.05) is 0 Å². The SMILES string of the molecule is C[C@@H](N)C(=O)N[C@@H](Cc1c[nH]cn1)C(=O)O. The van der Waals surface area contributed by atoms with Gasteiger partial charge < -0.3 is 21.1 Å². The summed E-state index contributed by atoms with van der Waals surface area (Å²) in [6.07, 6.45) is 3.15. The molecule has 0 aliphatic carbocycles. The molecule has 1 aromatic heterocycles. The molecule has 0 aliphatic rings.